The molecule has 0 amide bonds. The number of anilines is 1. The third-order valence-corrected chi connectivity index (χ3v) is 4.79. The Morgan fingerprint density at radius 2 is 2.26 bits per heavy atom. The number of ether oxygens (including phenoxy) is 1. The number of fused-ring (bicyclic) bond motifs is 1. The van der Waals surface area contributed by atoms with Crippen molar-refractivity contribution in [3.05, 3.63) is 45.8 Å². The Balaban J connectivity index is 1.96. The molecule has 0 fully saturated rings. The van der Waals surface area contributed by atoms with Gasteiger partial charge in [-0.25, -0.2) is 4.68 Å². The molecule has 4 rings (SSSR count). The van der Waals surface area contributed by atoms with E-state index in [9.17, 15) is 4.79 Å². The first-order valence-electron chi connectivity index (χ1n) is 7.45. The molecule has 23 heavy (non-hydrogen) atoms. The summed E-state index contributed by atoms with van der Waals surface area (Å²) in [6.07, 6.45) is 3.78. The van der Waals surface area contributed by atoms with E-state index in [4.69, 9.17) is 4.74 Å². The van der Waals surface area contributed by atoms with E-state index < -0.39 is 0 Å². The van der Waals surface area contributed by atoms with Gasteiger partial charge in [-0.3, -0.25) is 4.79 Å². The van der Waals surface area contributed by atoms with E-state index in [0.717, 1.165) is 39.9 Å². The molecule has 0 spiro atoms. The number of aromatic nitrogens is 3. The van der Waals surface area contributed by atoms with Crippen LogP contribution in [0.5, 0.6) is 5.75 Å². The minimum atomic E-state index is -0.316. The fraction of sp³-hybridized carbons (Fsp3) is 0.312. The Kier molecular flexibility index (Phi) is 3.45. The van der Waals surface area contributed by atoms with Crippen LogP contribution in [0.4, 0.5) is 5.95 Å². The van der Waals surface area contributed by atoms with Crippen LogP contribution in [-0.2, 0) is 4.79 Å². The van der Waals surface area contributed by atoms with Crippen molar-refractivity contribution in [2.24, 2.45) is 0 Å². The first-order chi connectivity index (χ1) is 11.2. The van der Waals surface area contributed by atoms with Crippen LogP contribution in [0.15, 0.2) is 40.3 Å². The van der Waals surface area contributed by atoms with Crippen molar-refractivity contribution in [2.45, 2.75) is 25.3 Å². The quantitative estimate of drug-likeness (QED) is 0.874. The SMILES string of the molecule is COc1ccc(Br)cc1C1C2=C(CCCC2=O)Nc2ncnn21. The highest BCUT2D eigenvalue weighted by atomic mass is 79.9. The fourth-order valence-corrected chi connectivity index (χ4v) is 3.68. The van der Waals surface area contributed by atoms with Crippen molar-refractivity contribution in [1.82, 2.24) is 14.8 Å². The maximum Gasteiger partial charge on any atom is 0.226 e. The van der Waals surface area contributed by atoms with Gasteiger partial charge in [0.1, 0.15) is 18.1 Å². The standard InChI is InChI=1S/C16H15BrN4O2/c1-23-13-6-5-9(17)7-10(13)15-14-11(3-2-4-12(14)22)20-16-18-8-19-21(15)16/h5-8,15H,2-4H2,1H3,(H,18,19,20). The van der Waals surface area contributed by atoms with E-state index in [1.54, 1.807) is 11.8 Å². The molecule has 0 radical (unpaired) electrons. The van der Waals surface area contributed by atoms with E-state index in [2.05, 4.69) is 31.3 Å². The topological polar surface area (TPSA) is 69.0 Å². The number of Topliss-reactive ketones (excluding diaryl/α,β-unsaturated/α-hetero) is 1. The van der Waals surface area contributed by atoms with Gasteiger partial charge in [-0.2, -0.15) is 10.1 Å². The Morgan fingerprint density at radius 1 is 1.39 bits per heavy atom. The highest BCUT2D eigenvalue weighted by molar-refractivity contribution is 9.10. The number of nitrogens with one attached hydrogen (secondary N) is 1. The average molecular weight is 375 g/mol. The molecule has 1 aromatic heterocycles. The van der Waals surface area contributed by atoms with Gasteiger partial charge in [0, 0.05) is 27.7 Å². The number of ketones is 1. The lowest BCUT2D eigenvalue weighted by Crippen LogP contribution is -2.31. The molecule has 6 nitrogen and oxygen atoms in total. The number of carbonyl (C=O) groups is 1. The summed E-state index contributed by atoms with van der Waals surface area (Å²) in [4.78, 5) is 16.9. The summed E-state index contributed by atoms with van der Waals surface area (Å²) in [6, 6.07) is 5.48. The van der Waals surface area contributed by atoms with Crippen molar-refractivity contribution in [3.63, 3.8) is 0 Å². The monoisotopic (exact) mass is 374 g/mol. The molecule has 2 aliphatic rings. The highest BCUT2D eigenvalue weighted by Crippen LogP contribution is 2.42. The number of hydrogen-bond acceptors (Lipinski definition) is 5. The summed E-state index contributed by atoms with van der Waals surface area (Å²) < 4.78 is 8.21. The van der Waals surface area contributed by atoms with Gasteiger partial charge in [0.25, 0.3) is 0 Å². The molecule has 0 bridgehead atoms. The maximum atomic E-state index is 12.6. The molecule has 1 unspecified atom stereocenters. The molecule has 1 aromatic carbocycles. The number of benzene rings is 1. The zero-order valence-electron chi connectivity index (χ0n) is 12.5. The number of methoxy groups -OCH3 is 1. The van der Waals surface area contributed by atoms with Crippen LogP contribution < -0.4 is 10.1 Å². The molecule has 0 saturated carbocycles. The van der Waals surface area contributed by atoms with Crippen LogP contribution in [0.1, 0.15) is 30.9 Å². The first kappa shape index (κ1) is 14.4. The third-order valence-electron chi connectivity index (χ3n) is 4.30. The Hall–Kier alpha value is -2.15. The average Bonchev–Trinajstić information content (AvgIpc) is 3.01. The molecule has 2 heterocycles. The van der Waals surface area contributed by atoms with Gasteiger partial charge in [0.2, 0.25) is 5.95 Å². The molecule has 2 aromatic rings. The highest BCUT2D eigenvalue weighted by Gasteiger charge is 2.37. The molecule has 1 aliphatic heterocycles. The van der Waals surface area contributed by atoms with Gasteiger partial charge in [0.15, 0.2) is 5.78 Å². The lowest BCUT2D eigenvalue weighted by molar-refractivity contribution is -0.116. The molecule has 118 valence electrons. The Bertz CT molecular complexity index is 827. The number of hydrogen-bond donors (Lipinski definition) is 1. The second-order valence-corrected chi connectivity index (χ2v) is 6.53. The van der Waals surface area contributed by atoms with Crippen LogP contribution in [0.3, 0.4) is 0 Å². The van der Waals surface area contributed by atoms with Crippen molar-refractivity contribution >= 4 is 27.7 Å². The van der Waals surface area contributed by atoms with E-state index in [-0.39, 0.29) is 11.8 Å². The second-order valence-electron chi connectivity index (χ2n) is 5.61. The fourth-order valence-electron chi connectivity index (χ4n) is 3.30. The summed E-state index contributed by atoms with van der Waals surface area (Å²) in [5.74, 6) is 1.55. The zero-order valence-corrected chi connectivity index (χ0v) is 14.1. The van der Waals surface area contributed by atoms with Gasteiger partial charge in [-0.1, -0.05) is 15.9 Å². The summed E-state index contributed by atoms with van der Waals surface area (Å²) in [5.41, 5.74) is 2.62. The summed E-state index contributed by atoms with van der Waals surface area (Å²) in [6.45, 7) is 0. The van der Waals surface area contributed by atoms with Gasteiger partial charge in [-0.05, 0) is 31.0 Å². The van der Waals surface area contributed by atoms with Crippen molar-refractivity contribution in [1.29, 1.82) is 0 Å². The van der Waals surface area contributed by atoms with E-state index >= 15 is 0 Å². The summed E-state index contributed by atoms with van der Waals surface area (Å²) in [5, 5.41) is 7.59. The minimum absolute atomic E-state index is 0.159. The first-order valence-corrected chi connectivity index (χ1v) is 8.24. The van der Waals surface area contributed by atoms with Crippen LogP contribution in [0.2, 0.25) is 0 Å². The van der Waals surface area contributed by atoms with Crippen LogP contribution in [0.25, 0.3) is 0 Å². The summed E-state index contributed by atoms with van der Waals surface area (Å²) >= 11 is 3.51. The number of carbonyl (C=O) groups excluding carboxylic acids is 1. The van der Waals surface area contributed by atoms with Crippen LogP contribution in [-0.4, -0.2) is 27.7 Å². The lowest BCUT2D eigenvalue weighted by Gasteiger charge is -2.32. The maximum absolute atomic E-state index is 12.6. The molecule has 7 heteroatoms. The lowest BCUT2D eigenvalue weighted by atomic mass is 9.85. The Morgan fingerprint density at radius 3 is 3.09 bits per heavy atom. The molecule has 1 atom stereocenters. The number of allylic oxidation sites excluding steroid dienone is 2. The second kappa shape index (κ2) is 5.49. The Labute approximate surface area is 141 Å². The molecule has 1 N–H and O–H groups in total. The summed E-state index contributed by atoms with van der Waals surface area (Å²) in [7, 11) is 1.63. The zero-order chi connectivity index (χ0) is 16.0. The van der Waals surface area contributed by atoms with Gasteiger partial charge in [0.05, 0.1) is 7.11 Å². The minimum Gasteiger partial charge on any atom is -0.496 e. The van der Waals surface area contributed by atoms with E-state index in [0.29, 0.717) is 12.4 Å². The van der Waals surface area contributed by atoms with Gasteiger partial charge in [-0.15, -0.1) is 0 Å². The van der Waals surface area contributed by atoms with Crippen LogP contribution >= 0.6 is 15.9 Å². The van der Waals surface area contributed by atoms with Gasteiger partial charge >= 0.3 is 0 Å². The largest absolute Gasteiger partial charge is 0.496 e. The van der Waals surface area contributed by atoms with Crippen molar-refractivity contribution in [2.75, 3.05) is 12.4 Å². The molecule has 0 saturated heterocycles. The molecular weight excluding hydrogens is 360 g/mol. The predicted molar refractivity (Wildman–Crippen MR) is 88.4 cm³/mol. The number of nitrogens with zero attached hydrogens (tertiary/aromatic N) is 3. The number of rotatable bonds is 2. The van der Waals surface area contributed by atoms with Crippen molar-refractivity contribution in [3.8, 4) is 5.75 Å². The molecular formula is C16H15BrN4O2. The smallest absolute Gasteiger partial charge is 0.226 e. The van der Waals surface area contributed by atoms with Crippen LogP contribution in [0, 0.1) is 0 Å². The third kappa shape index (κ3) is 2.26. The number of halogens is 1. The van der Waals surface area contributed by atoms with Gasteiger partial charge < -0.3 is 10.1 Å². The molecule has 1 aliphatic carbocycles. The van der Waals surface area contributed by atoms with Crippen molar-refractivity contribution < 1.29 is 9.53 Å². The van der Waals surface area contributed by atoms with E-state index in [1.165, 1.54) is 6.33 Å². The normalized spacial score (nSPS) is 19.9. The van der Waals surface area contributed by atoms with E-state index in [1.807, 2.05) is 18.2 Å². The predicted octanol–water partition coefficient (Wildman–Crippen LogP) is 3.07.